The maximum Gasteiger partial charge on any atom is 0.136 e. The summed E-state index contributed by atoms with van der Waals surface area (Å²) in [7, 11) is 0. The molecule has 0 spiro atoms. The minimum atomic E-state index is 0.328. The smallest absolute Gasteiger partial charge is 0.136 e. The molecule has 0 rings (SSSR count). The Hall–Kier alpha value is -0.850. The van der Waals surface area contributed by atoms with Gasteiger partial charge in [-0.2, -0.15) is 0 Å². The average molecular weight is 166 g/mol. The van der Waals surface area contributed by atoms with Crippen molar-refractivity contribution in [2.75, 3.05) is 0 Å². The van der Waals surface area contributed by atoms with Crippen LogP contribution in [0.4, 0.5) is 0 Å². The van der Waals surface area contributed by atoms with Crippen LogP contribution in [0.5, 0.6) is 0 Å². The number of ketones is 1. The molecule has 0 amide bonds. The maximum atomic E-state index is 11.1. The molecular weight excluding hydrogens is 148 g/mol. The van der Waals surface area contributed by atoms with Gasteiger partial charge in [-0.15, -0.1) is 0 Å². The van der Waals surface area contributed by atoms with Crippen molar-refractivity contribution in [2.45, 2.75) is 39.5 Å². The van der Waals surface area contributed by atoms with Gasteiger partial charge in [0.15, 0.2) is 0 Å². The highest BCUT2D eigenvalue weighted by Gasteiger charge is 1.95. The summed E-state index contributed by atoms with van der Waals surface area (Å²) in [5.74, 6) is 0.328. The summed E-state index contributed by atoms with van der Waals surface area (Å²) in [6.45, 7) is 4.03. The summed E-state index contributed by atoms with van der Waals surface area (Å²) >= 11 is 0. The lowest BCUT2D eigenvalue weighted by Gasteiger charge is -1.92. The summed E-state index contributed by atoms with van der Waals surface area (Å²) in [4.78, 5) is 11.1. The SMILES string of the molecule is C/C=C/CC(=O)CC/C=C/CC. The highest BCUT2D eigenvalue weighted by atomic mass is 16.1. The fraction of sp³-hybridized carbons (Fsp3) is 0.545. The van der Waals surface area contributed by atoms with E-state index in [2.05, 4.69) is 19.1 Å². The second-order valence-electron chi connectivity index (χ2n) is 2.73. The van der Waals surface area contributed by atoms with Crippen molar-refractivity contribution in [3.63, 3.8) is 0 Å². The van der Waals surface area contributed by atoms with Gasteiger partial charge in [0.1, 0.15) is 5.78 Å². The first-order chi connectivity index (χ1) is 5.81. The molecule has 12 heavy (non-hydrogen) atoms. The molecule has 0 saturated heterocycles. The topological polar surface area (TPSA) is 17.1 Å². The molecule has 0 aromatic heterocycles. The Bertz CT molecular complexity index is 166. The van der Waals surface area contributed by atoms with Crippen molar-refractivity contribution in [3.8, 4) is 0 Å². The van der Waals surface area contributed by atoms with Crippen LogP contribution in [0.15, 0.2) is 24.3 Å². The summed E-state index contributed by atoms with van der Waals surface area (Å²) in [6.07, 6.45) is 11.2. The van der Waals surface area contributed by atoms with E-state index in [-0.39, 0.29) is 0 Å². The largest absolute Gasteiger partial charge is 0.299 e. The van der Waals surface area contributed by atoms with Gasteiger partial charge in [0.25, 0.3) is 0 Å². The molecule has 0 unspecified atom stereocenters. The number of hydrogen-bond donors (Lipinski definition) is 0. The Labute approximate surface area is 75.2 Å². The molecule has 0 heterocycles. The Morgan fingerprint density at radius 3 is 2.58 bits per heavy atom. The Balaban J connectivity index is 3.37. The lowest BCUT2D eigenvalue weighted by atomic mass is 10.1. The molecule has 0 bridgehead atoms. The number of Topliss-reactive ketones (excluding diaryl/α,β-unsaturated/α-hetero) is 1. The fourth-order valence-corrected chi connectivity index (χ4v) is 0.880. The zero-order valence-corrected chi connectivity index (χ0v) is 8.05. The molecule has 0 fully saturated rings. The first-order valence-electron chi connectivity index (χ1n) is 4.59. The van der Waals surface area contributed by atoms with E-state index in [4.69, 9.17) is 0 Å². The van der Waals surface area contributed by atoms with Crippen molar-refractivity contribution >= 4 is 5.78 Å². The molecule has 0 aliphatic rings. The maximum absolute atomic E-state index is 11.1. The van der Waals surface area contributed by atoms with Crippen molar-refractivity contribution in [2.24, 2.45) is 0 Å². The van der Waals surface area contributed by atoms with Gasteiger partial charge in [-0.3, -0.25) is 4.79 Å². The lowest BCUT2D eigenvalue weighted by molar-refractivity contribution is -0.118. The number of allylic oxidation sites excluding steroid dienone is 4. The van der Waals surface area contributed by atoms with E-state index >= 15 is 0 Å². The molecule has 1 heteroatoms. The van der Waals surface area contributed by atoms with Crippen LogP contribution in [-0.4, -0.2) is 5.78 Å². The van der Waals surface area contributed by atoms with Crippen molar-refractivity contribution < 1.29 is 4.79 Å². The van der Waals surface area contributed by atoms with Crippen LogP contribution in [-0.2, 0) is 4.79 Å². The van der Waals surface area contributed by atoms with Crippen molar-refractivity contribution in [1.29, 1.82) is 0 Å². The summed E-state index contributed by atoms with van der Waals surface area (Å²) in [5.41, 5.74) is 0. The summed E-state index contributed by atoms with van der Waals surface area (Å²) in [6, 6.07) is 0. The molecule has 1 nitrogen and oxygen atoms in total. The minimum absolute atomic E-state index is 0.328. The lowest BCUT2D eigenvalue weighted by Crippen LogP contribution is -1.93. The molecule has 0 atom stereocenters. The number of rotatable bonds is 6. The minimum Gasteiger partial charge on any atom is -0.299 e. The molecular formula is C11H18O. The normalized spacial score (nSPS) is 11.5. The van der Waals surface area contributed by atoms with E-state index in [1.807, 2.05) is 19.1 Å². The van der Waals surface area contributed by atoms with E-state index in [1.165, 1.54) is 0 Å². The van der Waals surface area contributed by atoms with Crippen LogP contribution in [0.25, 0.3) is 0 Å². The zero-order valence-electron chi connectivity index (χ0n) is 8.05. The second-order valence-corrected chi connectivity index (χ2v) is 2.73. The van der Waals surface area contributed by atoms with E-state index in [9.17, 15) is 4.79 Å². The van der Waals surface area contributed by atoms with Crippen molar-refractivity contribution in [1.82, 2.24) is 0 Å². The summed E-state index contributed by atoms with van der Waals surface area (Å²) in [5, 5.41) is 0. The van der Waals surface area contributed by atoms with Gasteiger partial charge in [0.05, 0.1) is 0 Å². The monoisotopic (exact) mass is 166 g/mol. The van der Waals surface area contributed by atoms with Gasteiger partial charge in [-0.05, 0) is 19.8 Å². The Morgan fingerprint density at radius 2 is 2.00 bits per heavy atom. The van der Waals surface area contributed by atoms with E-state index < -0.39 is 0 Å². The quantitative estimate of drug-likeness (QED) is 0.553. The predicted octanol–water partition coefficient (Wildman–Crippen LogP) is 3.27. The van der Waals surface area contributed by atoms with Crippen molar-refractivity contribution in [3.05, 3.63) is 24.3 Å². The molecule has 0 aliphatic carbocycles. The Kier molecular flexibility index (Phi) is 7.66. The highest BCUT2D eigenvalue weighted by molar-refractivity contribution is 5.79. The third-order valence-electron chi connectivity index (χ3n) is 1.57. The number of hydrogen-bond acceptors (Lipinski definition) is 1. The van der Waals surface area contributed by atoms with Crippen LogP contribution in [0.2, 0.25) is 0 Å². The van der Waals surface area contributed by atoms with Crippen LogP contribution >= 0.6 is 0 Å². The Morgan fingerprint density at radius 1 is 1.25 bits per heavy atom. The fourth-order valence-electron chi connectivity index (χ4n) is 0.880. The van der Waals surface area contributed by atoms with Crippen LogP contribution in [0.3, 0.4) is 0 Å². The molecule has 0 N–H and O–H groups in total. The first kappa shape index (κ1) is 11.2. The van der Waals surface area contributed by atoms with E-state index in [0.717, 1.165) is 12.8 Å². The van der Waals surface area contributed by atoms with E-state index in [0.29, 0.717) is 18.6 Å². The molecule has 0 radical (unpaired) electrons. The number of carbonyl (C=O) groups excluding carboxylic acids is 1. The third-order valence-corrected chi connectivity index (χ3v) is 1.57. The highest BCUT2D eigenvalue weighted by Crippen LogP contribution is 1.98. The van der Waals surface area contributed by atoms with Gasteiger partial charge in [-0.25, -0.2) is 0 Å². The van der Waals surface area contributed by atoms with Gasteiger partial charge in [0, 0.05) is 12.8 Å². The molecule has 0 saturated carbocycles. The van der Waals surface area contributed by atoms with Crippen LogP contribution in [0.1, 0.15) is 39.5 Å². The summed E-state index contributed by atoms with van der Waals surface area (Å²) < 4.78 is 0. The zero-order chi connectivity index (χ0) is 9.23. The first-order valence-corrected chi connectivity index (χ1v) is 4.59. The van der Waals surface area contributed by atoms with Gasteiger partial charge >= 0.3 is 0 Å². The van der Waals surface area contributed by atoms with Crippen LogP contribution < -0.4 is 0 Å². The molecule has 0 aromatic carbocycles. The predicted molar refractivity (Wildman–Crippen MR) is 53.1 cm³/mol. The van der Waals surface area contributed by atoms with Gasteiger partial charge in [-0.1, -0.05) is 31.2 Å². The van der Waals surface area contributed by atoms with Gasteiger partial charge < -0.3 is 0 Å². The second kappa shape index (κ2) is 8.25. The third kappa shape index (κ3) is 7.26. The van der Waals surface area contributed by atoms with Gasteiger partial charge in [0.2, 0.25) is 0 Å². The molecule has 0 aromatic rings. The standard InChI is InChI=1S/C11H18O/c1-3-5-7-8-10-11(12)9-6-4-2/h4-7H,3,8-10H2,1-2H3/b6-4+,7-5+. The molecule has 68 valence electrons. The van der Waals surface area contributed by atoms with E-state index in [1.54, 1.807) is 0 Å². The molecule has 0 aliphatic heterocycles. The number of carbonyl (C=O) groups is 1. The van der Waals surface area contributed by atoms with Crippen LogP contribution in [0, 0.1) is 0 Å². The average Bonchev–Trinajstić information content (AvgIpc) is 2.09.